The van der Waals surface area contributed by atoms with Gasteiger partial charge in [0.1, 0.15) is 5.75 Å². The molecule has 0 saturated carbocycles. The molecule has 0 bridgehead atoms. The van der Waals surface area contributed by atoms with Crippen molar-refractivity contribution in [2.24, 2.45) is 0 Å². The molecule has 0 fully saturated rings. The van der Waals surface area contributed by atoms with E-state index >= 15 is 0 Å². The number of aryl methyl sites for hydroxylation is 1. The van der Waals surface area contributed by atoms with Crippen LogP contribution in [0.15, 0.2) is 36.4 Å². The SMILES string of the molecule is CCc1ccc(-c2ccc(OB(O)O)c(F)c2F)cc1. The average Bonchev–Trinajstić information content (AvgIpc) is 2.44. The molecule has 2 aromatic rings. The second kappa shape index (κ2) is 6.03. The Labute approximate surface area is 115 Å². The number of halogens is 2. The molecule has 0 saturated heterocycles. The first-order valence-electron chi connectivity index (χ1n) is 6.13. The fraction of sp³-hybridized carbons (Fsp3) is 0.143. The molecule has 0 aromatic heterocycles. The lowest BCUT2D eigenvalue weighted by Crippen LogP contribution is -2.21. The van der Waals surface area contributed by atoms with Gasteiger partial charge in [0.25, 0.3) is 0 Å². The Kier molecular flexibility index (Phi) is 4.37. The highest BCUT2D eigenvalue weighted by Crippen LogP contribution is 2.30. The van der Waals surface area contributed by atoms with E-state index in [4.69, 9.17) is 10.0 Å². The first-order valence-corrected chi connectivity index (χ1v) is 6.13. The zero-order valence-electron chi connectivity index (χ0n) is 10.8. The van der Waals surface area contributed by atoms with Crippen LogP contribution in [0, 0.1) is 11.6 Å². The number of hydrogen-bond acceptors (Lipinski definition) is 3. The van der Waals surface area contributed by atoms with E-state index in [0.717, 1.165) is 18.1 Å². The summed E-state index contributed by atoms with van der Waals surface area (Å²) < 4.78 is 32.0. The standard InChI is InChI=1S/C14H13BF2O3/c1-2-9-3-5-10(6-4-9)11-7-8-12(20-15(18)19)14(17)13(11)16/h3-8,18-19H,2H2,1H3. The van der Waals surface area contributed by atoms with Crippen molar-refractivity contribution in [1.29, 1.82) is 0 Å². The van der Waals surface area contributed by atoms with Crippen LogP contribution in [0.25, 0.3) is 11.1 Å². The van der Waals surface area contributed by atoms with Crippen LogP contribution in [0.2, 0.25) is 0 Å². The lowest BCUT2D eigenvalue weighted by molar-refractivity contribution is 0.279. The normalized spacial score (nSPS) is 10.4. The molecule has 20 heavy (non-hydrogen) atoms. The van der Waals surface area contributed by atoms with Crippen LogP contribution < -0.4 is 4.65 Å². The molecule has 0 aliphatic rings. The van der Waals surface area contributed by atoms with Gasteiger partial charge in [-0.05, 0) is 29.7 Å². The molecule has 0 spiro atoms. The summed E-state index contributed by atoms with van der Waals surface area (Å²) in [5, 5.41) is 17.2. The molecule has 0 aliphatic carbocycles. The zero-order valence-corrected chi connectivity index (χ0v) is 10.8. The molecule has 6 heteroatoms. The maximum atomic E-state index is 14.0. The molecule has 0 heterocycles. The van der Waals surface area contributed by atoms with Gasteiger partial charge < -0.3 is 14.7 Å². The van der Waals surface area contributed by atoms with Crippen molar-refractivity contribution >= 4 is 7.32 Å². The van der Waals surface area contributed by atoms with Gasteiger partial charge in [0, 0.05) is 5.56 Å². The molecule has 2 aromatic carbocycles. The Balaban J connectivity index is 2.39. The summed E-state index contributed by atoms with van der Waals surface area (Å²) in [6.07, 6.45) is 0.859. The first-order chi connectivity index (χ1) is 9.52. The van der Waals surface area contributed by atoms with E-state index < -0.39 is 24.7 Å². The predicted molar refractivity (Wildman–Crippen MR) is 72.0 cm³/mol. The van der Waals surface area contributed by atoms with E-state index in [1.165, 1.54) is 6.07 Å². The molecule has 2 N–H and O–H groups in total. The van der Waals surface area contributed by atoms with Crippen molar-refractivity contribution in [1.82, 2.24) is 0 Å². The maximum Gasteiger partial charge on any atom is 0.707 e. The average molecular weight is 278 g/mol. The van der Waals surface area contributed by atoms with Gasteiger partial charge in [-0.2, -0.15) is 4.39 Å². The largest absolute Gasteiger partial charge is 0.707 e. The van der Waals surface area contributed by atoms with Crippen LogP contribution in [0.5, 0.6) is 5.75 Å². The van der Waals surface area contributed by atoms with Crippen molar-refractivity contribution in [3.8, 4) is 16.9 Å². The Hall–Kier alpha value is -1.92. The molecule has 0 amide bonds. The van der Waals surface area contributed by atoms with Gasteiger partial charge in [0.2, 0.25) is 0 Å². The number of hydrogen-bond donors (Lipinski definition) is 2. The van der Waals surface area contributed by atoms with Gasteiger partial charge in [0.15, 0.2) is 11.6 Å². The van der Waals surface area contributed by atoms with Gasteiger partial charge in [-0.3, -0.25) is 0 Å². The number of rotatable bonds is 4. The van der Waals surface area contributed by atoms with Crippen LogP contribution in [0.4, 0.5) is 8.78 Å². The van der Waals surface area contributed by atoms with Crippen molar-refractivity contribution < 1.29 is 23.5 Å². The Morgan fingerprint density at radius 3 is 2.20 bits per heavy atom. The monoisotopic (exact) mass is 278 g/mol. The lowest BCUT2D eigenvalue weighted by atomic mass is 10.0. The highest BCUT2D eigenvalue weighted by atomic mass is 19.2. The molecule has 104 valence electrons. The zero-order chi connectivity index (χ0) is 14.7. The van der Waals surface area contributed by atoms with Crippen molar-refractivity contribution in [2.45, 2.75) is 13.3 Å². The van der Waals surface area contributed by atoms with Gasteiger partial charge in [0.05, 0.1) is 0 Å². The molecule has 0 atom stereocenters. The summed E-state index contributed by atoms with van der Waals surface area (Å²) >= 11 is 0. The van der Waals surface area contributed by atoms with Gasteiger partial charge in [-0.25, -0.2) is 4.39 Å². The quantitative estimate of drug-likeness (QED) is 0.845. The van der Waals surface area contributed by atoms with E-state index in [-0.39, 0.29) is 5.56 Å². The smallest absolute Gasteiger partial charge is 0.509 e. The van der Waals surface area contributed by atoms with Gasteiger partial charge >= 0.3 is 7.32 Å². The summed E-state index contributed by atoms with van der Waals surface area (Å²) in [5.41, 5.74) is 1.72. The topological polar surface area (TPSA) is 49.7 Å². The summed E-state index contributed by atoms with van der Waals surface area (Å²) in [5.74, 6) is -2.89. The second-order valence-corrected chi connectivity index (χ2v) is 4.23. The molecular formula is C14H13BF2O3. The lowest BCUT2D eigenvalue weighted by Gasteiger charge is -2.10. The van der Waals surface area contributed by atoms with Crippen LogP contribution in [0.3, 0.4) is 0 Å². The molecule has 2 rings (SSSR count). The van der Waals surface area contributed by atoms with Crippen molar-refractivity contribution in [2.75, 3.05) is 0 Å². The van der Waals surface area contributed by atoms with Gasteiger partial charge in [-0.1, -0.05) is 31.2 Å². The third kappa shape index (κ3) is 2.97. The minimum Gasteiger partial charge on any atom is -0.509 e. The fourth-order valence-corrected chi connectivity index (χ4v) is 1.88. The van der Waals surface area contributed by atoms with E-state index in [0.29, 0.717) is 5.56 Å². The summed E-state index contributed by atoms with van der Waals surface area (Å²) in [4.78, 5) is 0. The fourth-order valence-electron chi connectivity index (χ4n) is 1.88. The highest BCUT2D eigenvalue weighted by molar-refractivity contribution is 6.33. The predicted octanol–water partition coefficient (Wildman–Crippen LogP) is 2.54. The summed E-state index contributed by atoms with van der Waals surface area (Å²) in [6, 6.07) is 9.58. The van der Waals surface area contributed by atoms with E-state index in [1.54, 1.807) is 12.1 Å². The maximum absolute atomic E-state index is 14.0. The van der Waals surface area contributed by atoms with Crippen molar-refractivity contribution in [3.05, 3.63) is 53.6 Å². The van der Waals surface area contributed by atoms with Crippen LogP contribution >= 0.6 is 0 Å². The summed E-state index contributed by atoms with van der Waals surface area (Å²) in [7, 11) is -2.20. The third-order valence-electron chi connectivity index (χ3n) is 2.95. The van der Waals surface area contributed by atoms with Crippen LogP contribution in [0.1, 0.15) is 12.5 Å². The minimum absolute atomic E-state index is 0.0879. The molecular weight excluding hydrogens is 265 g/mol. The molecule has 0 aliphatic heterocycles. The second-order valence-electron chi connectivity index (χ2n) is 4.23. The molecule has 3 nitrogen and oxygen atoms in total. The summed E-state index contributed by atoms with van der Waals surface area (Å²) in [6.45, 7) is 2.00. The van der Waals surface area contributed by atoms with Gasteiger partial charge in [-0.15, -0.1) is 0 Å². The van der Waals surface area contributed by atoms with Crippen molar-refractivity contribution in [3.63, 3.8) is 0 Å². The van der Waals surface area contributed by atoms with E-state index in [1.807, 2.05) is 19.1 Å². The Morgan fingerprint density at radius 1 is 1.00 bits per heavy atom. The Bertz CT molecular complexity index is 600. The highest BCUT2D eigenvalue weighted by Gasteiger charge is 2.20. The number of benzene rings is 2. The van der Waals surface area contributed by atoms with Crippen LogP contribution in [-0.2, 0) is 6.42 Å². The minimum atomic E-state index is -2.20. The third-order valence-corrected chi connectivity index (χ3v) is 2.95. The Morgan fingerprint density at radius 2 is 1.65 bits per heavy atom. The van der Waals surface area contributed by atoms with Crippen LogP contribution in [-0.4, -0.2) is 17.4 Å². The van der Waals surface area contributed by atoms with E-state index in [9.17, 15) is 8.78 Å². The first kappa shape index (κ1) is 14.5. The molecule has 0 radical (unpaired) electrons. The van der Waals surface area contributed by atoms with E-state index in [2.05, 4.69) is 4.65 Å². The molecule has 0 unspecified atom stereocenters.